The number of nitrogens with zero attached hydrogens (tertiary/aromatic N) is 5. The minimum atomic E-state index is -3.05. The zero-order chi connectivity index (χ0) is 24.0. The van der Waals surface area contributed by atoms with Crippen LogP contribution in [-0.4, -0.2) is 49.0 Å². The fourth-order valence-electron chi connectivity index (χ4n) is 3.76. The highest BCUT2D eigenvalue weighted by atomic mass is 19.3. The van der Waals surface area contributed by atoms with Crippen molar-refractivity contribution in [3.05, 3.63) is 48.5 Å². The monoisotopic (exact) mass is 469 g/mol. The van der Waals surface area contributed by atoms with E-state index in [0.29, 0.717) is 29.3 Å². The minimum absolute atomic E-state index is 0.101. The number of ether oxygens (including phenoxy) is 2. The molecule has 4 aromatic rings. The number of hydrogen-bond donors (Lipinski definition) is 2. The van der Waals surface area contributed by atoms with Gasteiger partial charge < -0.3 is 20.1 Å². The molecule has 1 aliphatic rings. The van der Waals surface area contributed by atoms with Gasteiger partial charge in [-0.3, -0.25) is 9.48 Å². The summed E-state index contributed by atoms with van der Waals surface area (Å²) in [5.74, 6) is -0.115. The van der Waals surface area contributed by atoms with Gasteiger partial charge in [0.25, 0.3) is 5.91 Å². The Labute approximate surface area is 192 Å². The highest BCUT2D eigenvalue weighted by Crippen LogP contribution is 2.44. The van der Waals surface area contributed by atoms with Gasteiger partial charge in [0, 0.05) is 31.7 Å². The number of halogens is 2. The summed E-state index contributed by atoms with van der Waals surface area (Å²) in [5, 5.41) is 14.5. The number of carbonyl (C=O) groups is 1. The summed E-state index contributed by atoms with van der Waals surface area (Å²) < 4.78 is 40.2. The number of anilines is 2. The first-order valence-electron chi connectivity index (χ1n) is 10.4. The molecule has 0 radical (unpaired) electrons. The molecular weight excluding hydrogens is 448 g/mol. The molecule has 0 saturated heterocycles. The molecule has 0 atom stereocenters. The van der Waals surface area contributed by atoms with Gasteiger partial charge in [-0.25, -0.2) is 9.50 Å². The van der Waals surface area contributed by atoms with Gasteiger partial charge in [-0.05, 0) is 26.0 Å². The number of carbonyl (C=O) groups excluding carboxylic acids is 1. The van der Waals surface area contributed by atoms with Gasteiger partial charge in [0.15, 0.2) is 5.65 Å². The van der Waals surface area contributed by atoms with Gasteiger partial charge in [-0.1, -0.05) is 0 Å². The van der Waals surface area contributed by atoms with E-state index >= 15 is 0 Å². The highest BCUT2D eigenvalue weighted by molar-refractivity contribution is 6.09. The molecule has 0 fully saturated rings. The third-order valence-electron chi connectivity index (χ3n) is 5.24. The van der Waals surface area contributed by atoms with E-state index < -0.39 is 18.1 Å². The van der Waals surface area contributed by atoms with Crippen LogP contribution < -0.4 is 20.1 Å². The van der Waals surface area contributed by atoms with Gasteiger partial charge in [0.1, 0.15) is 28.4 Å². The third kappa shape index (κ3) is 3.98. The second kappa shape index (κ2) is 7.97. The SMILES string of the molecule is Cn1cc(NC(=O)c2cnn3cccnc23)c(-c2cc3c(cc2OC(F)F)NCC(C)(C)O3)n1. The minimum Gasteiger partial charge on any atom is -0.484 e. The zero-order valence-corrected chi connectivity index (χ0v) is 18.5. The first-order chi connectivity index (χ1) is 16.2. The number of alkyl halides is 2. The molecule has 12 heteroatoms. The predicted molar refractivity (Wildman–Crippen MR) is 119 cm³/mol. The molecule has 0 saturated carbocycles. The number of rotatable bonds is 5. The molecule has 0 spiro atoms. The topological polar surface area (TPSA) is 108 Å². The van der Waals surface area contributed by atoms with Crippen molar-refractivity contribution in [1.29, 1.82) is 0 Å². The van der Waals surface area contributed by atoms with E-state index in [2.05, 4.69) is 25.8 Å². The molecule has 0 unspecified atom stereocenters. The van der Waals surface area contributed by atoms with Crippen molar-refractivity contribution < 1.29 is 23.0 Å². The fourth-order valence-corrected chi connectivity index (χ4v) is 3.76. The Hall–Kier alpha value is -4.22. The van der Waals surface area contributed by atoms with Crippen molar-refractivity contribution in [3.8, 4) is 22.8 Å². The molecule has 0 bridgehead atoms. The van der Waals surface area contributed by atoms with E-state index in [1.54, 1.807) is 37.8 Å². The molecule has 1 amide bonds. The Morgan fingerprint density at radius 3 is 2.97 bits per heavy atom. The molecule has 34 heavy (non-hydrogen) atoms. The molecule has 176 valence electrons. The average molecular weight is 469 g/mol. The van der Waals surface area contributed by atoms with Gasteiger partial charge in [-0.2, -0.15) is 19.0 Å². The maximum absolute atomic E-state index is 13.2. The number of fused-ring (bicyclic) bond motifs is 2. The summed E-state index contributed by atoms with van der Waals surface area (Å²) in [7, 11) is 1.66. The van der Waals surface area contributed by atoms with Crippen LogP contribution in [0.5, 0.6) is 11.5 Å². The molecular formula is C22H21F2N7O3. The number of hydrogen-bond acceptors (Lipinski definition) is 7. The van der Waals surface area contributed by atoms with E-state index in [9.17, 15) is 13.6 Å². The van der Waals surface area contributed by atoms with Crippen LogP contribution in [0.3, 0.4) is 0 Å². The second-order valence-corrected chi connectivity index (χ2v) is 8.40. The number of benzene rings is 1. The van der Waals surface area contributed by atoms with Gasteiger partial charge in [0.2, 0.25) is 0 Å². The Balaban J connectivity index is 1.56. The van der Waals surface area contributed by atoms with Crippen molar-refractivity contribution in [1.82, 2.24) is 24.4 Å². The third-order valence-corrected chi connectivity index (χ3v) is 5.24. The first-order valence-corrected chi connectivity index (χ1v) is 10.4. The molecule has 3 aromatic heterocycles. The number of amides is 1. The summed E-state index contributed by atoms with van der Waals surface area (Å²) in [6.45, 7) is 1.25. The van der Waals surface area contributed by atoms with Crippen LogP contribution in [0, 0.1) is 0 Å². The standard InChI is InChI=1S/C22H21F2N7O3/c1-22(2)11-26-14-8-16(33-21(23)24)12(7-17(14)34-22)18-15(10-30(3)29-18)28-20(32)13-9-27-31-6-4-5-25-19(13)31/h4-10,21,26H,11H2,1-3H3,(H,28,32). The summed E-state index contributed by atoms with van der Waals surface area (Å²) in [6, 6.07) is 4.72. The van der Waals surface area contributed by atoms with Gasteiger partial charge in [-0.15, -0.1) is 0 Å². The van der Waals surface area contributed by atoms with E-state index in [1.165, 1.54) is 21.5 Å². The van der Waals surface area contributed by atoms with Crippen molar-refractivity contribution in [2.24, 2.45) is 7.05 Å². The van der Waals surface area contributed by atoms with E-state index in [-0.39, 0.29) is 22.6 Å². The van der Waals surface area contributed by atoms with E-state index in [4.69, 9.17) is 9.47 Å². The number of nitrogens with one attached hydrogen (secondary N) is 2. The molecule has 4 heterocycles. The molecule has 1 aromatic carbocycles. The van der Waals surface area contributed by atoms with Gasteiger partial charge >= 0.3 is 6.61 Å². The van der Waals surface area contributed by atoms with Crippen molar-refractivity contribution in [2.45, 2.75) is 26.1 Å². The van der Waals surface area contributed by atoms with Crippen LogP contribution in [0.1, 0.15) is 24.2 Å². The summed E-state index contributed by atoms with van der Waals surface area (Å²) >= 11 is 0. The predicted octanol–water partition coefficient (Wildman–Crippen LogP) is 3.57. The fraction of sp³-hybridized carbons (Fsp3) is 0.273. The molecule has 5 rings (SSSR count). The van der Waals surface area contributed by atoms with Crippen LogP contribution in [-0.2, 0) is 7.05 Å². The maximum atomic E-state index is 13.2. The quantitative estimate of drug-likeness (QED) is 0.460. The summed E-state index contributed by atoms with van der Waals surface area (Å²) in [4.78, 5) is 17.2. The normalized spacial score (nSPS) is 14.4. The average Bonchev–Trinajstić information content (AvgIpc) is 3.36. The van der Waals surface area contributed by atoms with Crippen LogP contribution >= 0.6 is 0 Å². The Morgan fingerprint density at radius 1 is 1.35 bits per heavy atom. The lowest BCUT2D eigenvalue weighted by molar-refractivity contribution is -0.0495. The van der Waals surface area contributed by atoms with Crippen molar-refractivity contribution >= 4 is 22.9 Å². The van der Waals surface area contributed by atoms with Crippen LogP contribution in [0.15, 0.2) is 43.0 Å². The smallest absolute Gasteiger partial charge is 0.387 e. The molecule has 2 N–H and O–H groups in total. The zero-order valence-electron chi connectivity index (χ0n) is 18.5. The molecule has 1 aliphatic heterocycles. The van der Waals surface area contributed by atoms with Crippen LogP contribution in [0.4, 0.5) is 20.2 Å². The lowest BCUT2D eigenvalue weighted by atomic mass is 10.0. The largest absolute Gasteiger partial charge is 0.484 e. The lowest BCUT2D eigenvalue weighted by Crippen LogP contribution is -2.40. The van der Waals surface area contributed by atoms with E-state index in [1.807, 2.05) is 13.8 Å². The number of aryl methyl sites for hydroxylation is 1. The Morgan fingerprint density at radius 2 is 2.18 bits per heavy atom. The second-order valence-electron chi connectivity index (χ2n) is 8.40. The molecule has 10 nitrogen and oxygen atoms in total. The van der Waals surface area contributed by atoms with Gasteiger partial charge in [0.05, 0.1) is 29.7 Å². The van der Waals surface area contributed by atoms with Crippen LogP contribution in [0.2, 0.25) is 0 Å². The van der Waals surface area contributed by atoms with Crippen molar-refractivity contribution in [2.75, 3.05) is 17.2 Å². The highest BCUT2D eigenvalue weighted by Gasteiger charge is 2.30. The van der Waals surface area contributed by atoms with E-state index in [0.717, 1.165) is 0 Å². The summed E-state index contributed by atoms with van der Waals surface area (Å²) in [6.07, 6.45) is 6.20. The molecule has 0 aliphatic carbocycles. The van der Waals surface area contributed by atoms with Crippen molar-refractivity contribution in [3.63, 3.8) is 0 Å². The maximum Gasteiger partial charge on any atom is 0.387 e. The lowest BCUT2D eigenvalue weighted by Gasteiger charge is -2.34. The summed E-state index contributed by atoms with van der Waals surface area (Å²) in [5.41, 5.74) is 1.43. The first kappa shape index (κ1) is 21.6. The Kier molecular flexibility index (Phi) is 5.07. The number of aromatic nitrogens is 5. The Bertz CT molecular complexity index is 1400. The van der Waals surface area contributed by atoms with Crippen LogP contribution in [0.25, 0.3) is 16.9 Å².